The second-order valence-electron chi connectivity index (χ2n) is 5.90. The molecule has 0 saturated carbocycles. The van der Waals surface area contributed by atoms with Crippen molar-refractivity contribution in [3.05, 3.63) is 39.2 Å². The first kappa shape index (κ1) is 18.0. The van der Waals surface area contributed by atoms with Crippen molar-refractivity contribution in [1.82, 2.24) is 5.32 Å². The molecule has 6 heteroatoms. The Bertz CT molecular complexity index is 809. The number of fused-ring (bicyclic) bond motifs is 1. The molecule has 130 valence electrons. The molecule has 24 heavy (non-hydrogen) atoms. The van der Waals surface area contributed by atoms with Gasteiger partial charge in [0.05, 0.1) is 5.39 Å². The molecular weight excluding hydrogens is 310 g/mol. The zero-order valence-corrected chi connectivity index (χ0v) is 14.4. The number of ether oxygens (including phenoxy) is 1. The highest BCUT2D eigenvalue weighted by Crippen LogP contribution is 2.31. The summed E-state index contributed by atoms with van der Waals surface area (Å²) in [6.07, 6.45) is -0.213. The maximum atomic E-state index is 12.1. The molecule has 1 heterocycles. The van der Waals surface area contributed by atoms with Gasteiger partial charge in [-0.15, -0.1) is 0 Å². The summed E-state index contributed by atoms with van der Waals surface area (Å²) in [7, 11) is 0. The number of hydrogen-bond acceptors (Lipinski definition) is 5. The summed E-state index contributed by atoms with van der Waals surface area (Å²) in [5.41, 5.74) is 2.26. The number of hydrogen-bond donors (Lipinski definition) is 2. The summed E-state index contributed by atoms with van der Waals surface area (Å²) >= 11 is 0. The van der Waals surface area contributed by atoms with Crippen LogP contribution in [0, 0.1) is 20.8 Å². The Balaban J connectivity index is 2.36. The van der Waals surface area contributed by atoms with Gasteiger partial charge < -0.3 is 19.6 Å². The molecule has 1 atom stereocenters. The Labute approximate surface area is 140 Å². The topological polar surface area (TPSA) is 88.8 Å². The Morgan fingerprint density at radius 2 is 2.00 bits per heavy atom. The molecule has 0 bridgehead atoms. The van der Waals surface area contributed by atoms with Crippen molar-refractivity contribution < 1.29 is 19.1 Å². The fourth-order valence-corrected chi connectivity index (χ4v) is 2.46. The number of aliphatic hydroxyl groups excluding tert-OH is 1. The van der Waals surface area contributed by atoms with Crippen molar-refractivity contribution >= 4 is 16.9 Å². The second kappa shape index (κ2) is 7.49. The van der Waals surface area contributed by atoms with E-state index in [9.17, 15) is 9.59 Å². The molecular formula is C18H23NO5. The lowest BCUT2D eigenvalue weighted by Gasteiger charge is -2.17. The minimum absolute atomic E-state index is 0.0234. The first-order chi connectivity index (χ1) is 11.3. The highest BCUT2D eigenvalue weighted by Gasteiger charge is 2.18. The molecule has 1 aromatic heterocycles. The van der Waals surface area contributed by atoms with Crippen molar-refractivity contribution in [1.29, 1.82) is 0 Å². The van der Waals surface area contributed by atoms with Gasteiger partial charge in [-0.25, -0.2) is 4.79 Å². The van der Waals surface area contributed by atoms with Gasteiger partial charge >= 0.3 is 5.63 Å². The van der Waals surface area contributed by atoms with Crippen LogP contribution in [0.15, 0.2) is 21.3 Å². The quantitative estimate of drug-likeness (QED) is 0.623. The fourth-order valence-electron chi connectivity index (χ4n) is 2.46. The van der Waals surface area contributed by atoms with Crippen LogP contribution in [0.3, 0.4) is 0 Å². The van der Waals surface area contributed by atoms with Gasteiger partial charge in [-0.05, 0) is 57.4 Å². The number of aliphatic hydroxyl groups is 1. The van der Waals surface area contributed by atoms with E-state index in [2.05, 4.69) is 5.32 Å². The van der Waals surface area contributed by atoms with Crippen LogP contribution in [-0.2, 0) is 4.79 Å². The largest absolute Gasteiger partial charge is 0.480 e. The molecule has 0 radical (unpaired) electrons. The highest BCUT2D eigenvalue weighted by molar-refractivity contribution is 5.89. The van der Waals surface area contributed by atoms with Crippen LogP contribution >= 0.6 is 0 Å². The molecule has 0 fully saturated rings. The second-order valence-corrected chi connectivity index (χ2v) is 5.90. The average Bonchev–Trinajstić information content (AvgIpc) is 2.52. The van der Waals surface area contributed by atoms with Crippen LogP contribution in [0.1, 0.15) is 30.0 Å². The summed E-state index contributed by atoms with van der Waals surface area (Å²) in [5, 5.41) is 12.2. The summed E-state index contributed by atoms with van der Waals surface area (Å²) in [6, 6.07) is 3.61. The summed E-state index contributed by atoms with van der Waals surface area (Å²) in [4.78, 5) is 23.9. The Morgan fingerprint density at radius 3 is 2.67 bits per heavy atom. The van der Waals surface area contributed by atoms with E-state index in [0.29, 0.717) is 35.2 Å². The maximum absolute atomic E-state index is 12.1. The minimum atomic E-state index is -0.708. The third kappa shape index (κ3) is 3.76. The summed E-state index contributed by atoms with van der Waals surface area (Å²) in [5.74, 6) is 0.254. The number of benzene rings is 1. The van der Waals surface area contributed by atoms with E-state index in [4.69, 9.17) is 14.3 Å². The molecule has 2 N–H and O–H groups in total. The van der Waals surface area contributed by atoms with Gasteiger partial charge in [-0.1, -0.05) is 0 Å². The van der Waals surface area contributed by atoms with Gasteiger partial charge in [0.1, 0.15) is 11.3 Å². The first-order valence-electron chi connectivity index (χ1n) is 7.95. The van der Waals surface area contributed by atoms with Gasteiger partial charge in [-0.2, -0.15) is 0 Å². The minimum Gasteiger partial charge on any atom is -0.480 e. The van der Waals surface area contributed by atoms with Crippen LogP contribution in [0.4, 0.5) is 0 Å². The average molecular weight is 333 g/mol. The number of amides is 1. The molecule has 0 aliphatic heterocycles. The fraction of sp³-hybridized carbons (Fsp3) is 0.444. The predicted molar refractivity (Wildman–Crippen MR) is 91.5 cm³/mol. The standard InChI is InChI=1S/C18H23NO5/c1-10-8-14(23-13(4)17(21)19-6-5-7-20)16-11(2)12(3)18(22)24-15(16)9-10/h8-9,13,20H,5-7H2,1-4H3,(H,19,21)/t13-/m1/s1. The smallest absolute Gasteiger partial charge is 0.339 e. The van der Waals surface area contributed by atoms with Gasteiger partial charge in [-0.3, -0.25) is 4.79 Å². The highest BCUT2D eigenvalue weighted by atomic mass is 16.5. The number of aryl methyl sites for hydroxylation is 2. The van der Waals surface area contributed by atoms with Crippen LogP contribution in [0.25, 0.3) is 11.0 Å². The summed E-state index contributed by atoms with van der Waals surface area (Å²) in [6.45, 7) is 7.48. The van der Waals surface area contributed by atoms with Crippen LogP contribution in [0.2, 0.25) is 0 Å². The van der Waals surface area contributed by atoms with E-state index in [-0.39, 0.29) is 18.1 Å². The predicted octanol–water partition coefficient (Wildman–Crippen LogP) is 1.98. The van der Waals surface area contributed by atoms with E-state index in [0.717, 1.165) is 11.1 Å². The first-order valence-corrected chi connectivity index (χ1v) is 7.95. The van der Waals surface area contributed by atoms with Crippen molar-refractivity contribution in [2.75, 3.05) is 13.2 Å². The molecule has 0 spiro atoms. The number of rotatable bonds is 6. The van der Waals surface area contributed by atoms with E-state index < -0.39 is 6.10 Å². The zero-order chi connectivity index (χ0) is 17.9. The van der Waals surface area contributed by atoms with E-state index in [1.54, 1.807) is 19.9 Å². The van der Waals surface area contributed by atoms with E-state index >= 15 is 0 Å². The number of carbonyl (C=O) groups is 1. The third-order valence-corrected chi connectivity index (χ3v) is 3.96. The summed E-state index contributed by atoms with van der Waals surface area (Å²) < 4.78 is 11.2. The molecule has 0 aliphatic carbocycles. The Kier molecular flexibility index (Phi) is 5.62. The Hall–Kier alpha value is -2.34. The van der Waals surface area contributed by atoms with Gasteiger partial charge in [0.25, 0.3) is 5.91 Å². The lowest BCUT2D eigenvalue weighted by Crippen LogP contribution is -2.37. The lowest BCUT2D eigenvalue weighted by molar-refractivity contribution is -0.127. The van der Waals surface area contributed by atoms with Crippen LogP contribution < -0.4 is 15.7 Å². The lowest BCUT2D eigenvalue weighted by atomic mass is 10.0. The molecule has 1 aromatic carbocycles. The van der Waals surface area contributed by atoms with E-state index in [1.807, 2.05) is 19.9 Å². The number of carbonyl (C=O) groups excluding carboxylic acids is 1. The van der Waals surface area contributed by atoms with Crippen molar-refractivity contribution in [3.8, 4) is 5.75 Å². The normalized spacial score (nSPS) is 12.2. The maximum Gasteiger partial charge on any atom is 0.339 e. The molecule has 0 saturated heterocycles. The van der Waals surface area contributed by atoms with Crippen molar-refractivity contribution in [2.24, 2.45) is 0 Å². The molecule has 1 amide bonds. The SMILES string of the molecule is Cc1cc(O[C@H](C)C(=O)NCCCO)c2c(C)c(C)c(=O)oc2c1. The number of nitrogens with one attached hydrogen (secondary N) is 1. The monoisotopic (exact) mass is 333 g/mol. The van der Waals surface area contributed by atoms with Crippen LogP contribution in [0.5, 0.6) is 5.75 Å². The zero-order valence-electron chi connectivity index (χ0n) is 14.4. The third-order valence-electron chi connectivity index (χ3n) is 3.96. The van der Waals surface area contributed by atoms with Crippen molar-refractivity contribution in [2.45, 2.75) is 40.2 Å². The molecule has 6 nitrogen and oxygen atoms in total. The van der Waals surface area contributed by atoms with Crippen molar-refractivity contribution in [3.63, 3.8) is 0 Å². The molecule has 0 aliphatic rings. The van der Waals surface area contributed by atoms with Gasteiger partial charge in [0.2, 0.25) is 0 Å². The van der Waals surface area contributed by atoms with E-state index in [1.165, 1.54) is 0 Å². The molecule has 0 unspecified atom stereocenters. The molecule has 2 rings (SSSR count). The van der Waals surface area contributed by atoms with Gasteiger partial charge in [0, 0.05) is 18.7 Å². The van der Waals surface area contributed by atoms with Gasteiger partial charge in [0.15, 0.2) is 6.10 Å². The van der Waals surface area contributed by atoms with Crippen LogP contribution in [-0.4, -0.2) is 30.3 Å². The molecule has 2 aromatic rings. The Morgan fingerprint density at radius 1 is 1.29 bits per heavy atom.